The number of halogens is 1. The first-order valence-electron chi connectivity index (χ1n) is 10.0. The number of fused-ring (bicyclic) bond motifs is 2. The van der Waals surface area contributed by atoms with Crippen LogP contribution in [0.15, 0.2) is 83.1 Å². The van der Waals surface area contributed by atoms with E-state index >= 15 is 0 Å². The third-order valence-corrected chi connectivity index (χ3v) is 6.70. The van der Waals surface area contributed by atoms with Gasteiger partial charge in [0.05, 0.1) is 5.71 Å². The summed E-state index contributed by atoms with van der Waals surface area (Å²) in [5.41, 5.74) is 5.35. The van der Waals surface area contributed by atoms with Crippen LogP contribution in [0.5, 0.6) is 5.75 Å². The Balaban J connectivity index is 1.33. The van der Waals surface area contributed by atoms with E-state index < -0.39 is 0 Å². The molecule has 0 N–H and O–H groups in total. The van der Waals surface area contributed by atoms with Crippen molar-refractivity contribution < 1.29 is 4.74 Å². The zero-order chi connectivity index (χ0) is 20.8. The van der Waals surface area contributed by atoms with Crippen molar-refractivity contribution >= 4 is 29.1 Å². The molecule has 0 amide bonds. The number of nitrogens with zero attached hydrogens (tertiary/aromatic N) is 4. The summed E-state index contributed by atoms with van der Waals surface area (Å²) < 4.78 is 8.09. The molecular weight excluding hydrogens is 428 g/mol. The molecule has 5 nitrogen and oxygen atoms in total. The predicted octanol–water partition coefficient (Wildman–Crippen LogP) is 5.63. The number of rotatable bonds is 3. The first-order valence-corrected chi connectivity index (χ1v) is 11.4. The Kier molecular flexibility index (Phi) is 4.55. The number of thioether (sulfide) groups is 1. The molecule has 31 heavy (non-hydrogen) atoms. The SMILES string of the molecule is Clc1ccc(C2=Nn3c(nnc3-c3ccc4c(c3)OC(c3ccccc3)C4)SC2)cc1. The second-order valence-electron chi connectivity index (χ2n) is 7.50. The van der Waals surface area contributed by atoms with Gasteiger partial charge >= 0.3 is 0 Å². The van der Waals surface area contributed by atoms with Gasteiger partial charge < -0.3 is 4.74 Å². The molecule has 4 aromatic rings. The van der Waals surface area contributed by atoms with Gasteiger partial charge in [-0.15, -0.1) is 10.2 Å². The number of hydrogen-bond acceptors (Lipinski definition) is 5. The first kappa shape index (κ1) is 18.7. The molecule has 0 saturated heterocycles. The van der Waals surface area contributed by atoms with Gasteiger partial charge in [0.15, 0.2) is 5.82 Å². The van der Waals surface area contributed by atoms with E-state index in [-0.39, 0.29) is 6.10 Å². The average molecular weight is 445 g/mol. The van der Waals surface area contributed by atoms with Crippen LogP contribution in [0.4, 0.5) is 0 Å². The molecule has 6 rings (SSSR count). The highest BCUT2D eigenvalue weighted by Crippen LogP contribution is 2.39. The van der Waals surface area contributed by atoms with E-state index in [1.54, 1.807) is 11.8 Å². The molecule has 152 valence electrons. The van der Waals surface area contributed by atoms with Gasteiger partial charge in [-0.05, 0) is 34.9 Å². The standard InChI is InChI=1S/C24H17ClN4OS/c25-19-10-8-15(9-11-19)20-14-31-24-27-26-23(29(24)28-20)18-7-6-17-12-21(30-22(17)13-18)16-4-2-1-3-5-16/h1-11,13,21H,12,14H2. The zero-order valence-electron chi connectivity index (χ0n) is 16.4. The molecule has 3 aromatic carbocycles. The molecular formula is C24H17ClN4OS. The Morgan fingerprint density at radius 2 is 1.74 bits per heavy atom. The Labute approximate surface area is 188 Å². The van der Waals surface area contributed by atoms with Gasteiger partial charge in [0.25, 0.3) is 0 Å². The fourth-order valence-corrected chi connectivity index (χ4v) is 4.88. The summed E-state index contributed by atoms with van der Waals surface area (Å²) in [5.74, 6) is 2.35. The van der Waals surface area contributed by atoms with E-state index in [1.165, 1.54) is 11.1 Å². The molecule has 0 radical (unpaired) electrons. The minimum Gasteiger partial charge on any atom is -0.485 e. The predicted molar refractivity (Wildman–Crippen MR) is 123 cm³/mol. The summed E-state index contributed by atoms with van der Waals surface area (Å²) in [6.07, 6.45) is 0.913. The molecule has 2 aliphatic rings. The molecule has 1 atom stereocenters. The highest BCUT2D eigenvalue weighted by atomic mass is 35.5. The molecule has 0 saturated carbocycles. The maximum absolute atomic E-state index is 6.27. The van der Waals surface area contributed by atoms with Gasteiger partial charge in [-0.3, -0.25) is 0 Å². The Morgan fingerprint density at radius 1 is 0.935 bits per heavy atom. The second kappa shape index (κ2) is 7.55. The van der Waals surface area contributed by atoms with Crippen molar-refractivity contribution in [3.63, 3.8) is 0 Å². The van der Waals surface area contributed by atoms with Crippen LogP contribution in [0, 0.1) is 0 Å². The average Bonchev–Trinajstić information content (AvgIpc) is 3.43. The van der Waals surface area contributed by atoms with Crippen LogP contribution < -0.4 is 4.74 Å². The van der Waals surface area contributed by atoms with Crippen molar-refractivity contribution in [2.45, 2.75) is 17.7 Å². The Morgan fingerprint density at radius 3 is 2.58 bits per heavy atom. The first-order chi connectivity index (χ1) is 15.2. The quantitative estimate of drug-likeness (QED) is 0.410. The number of ether oxygens (including phenoxy) is 1. The van der Waals surface area contributed by atoms with Crippen LogP contribution in [0.1, 0.15) is 22.8 Å². The largest absolute Gasteiger partial charge is 0.485 e. The smallest absolute Gasteiger partial charge is 0.212 e. The summed E-state index contributed by atoms with van der Waals surface area (Å²) in [5, 5.41) is 15.1. The summed E-state index contributed by atoms with van der Waals surface area (Å²) in [6, 6.07) is 24.3. The highest BCUT2D eigenvalue weighted by molar-refractivity contribution is 7.99. The fraction of sp³-hybridized carbons (Fsp3) is 0.125. The van der Waals surface area contributed by atoms with Gasteiger partial charge in [-0.25, -0.2) is 0 Å². The van der Waals surface area contributed by atoms with Gasteiger partial charge in [0, 0.05) is 22.8 Å². The Hall–Kier alpha value is -3.09. The lowest BCUT2D eigenvalue weighted by atomic mass is 10.0. The molecule has 0 aliphatic carbocycles. The van der Waals surface area contributed by atoms with Crippen LogP contribution in [-0.2, 0) is 6.42 Å². The van der Waals surface area contributed by atoms with Crippen LogP contribution in [-0.4, -0.2) is 26.3 Å². The maximum Gasteiger partial charge on any atom is 0.212 e. The maximum atomic E-state index is 6.27. The number of benzene rings is 3. The lowest BCUT2D eigenvalue weighted by Gasteiger charge is -2.14. The van der Waals surface area contributed by atoms with Gasteiger partial charge in [0.2, 0.25) is 5.16 Å². The minimum atomic E-state index is 0.0452. The van der Waals surface area contributed by atoms with Gasteiger partial charge in [-0.2, -0.15) is 9.78 Å². The van der Waals surface area contributed by atoms with Crippen molar-refractivity contribution in [2.75, 3.05) is 5.75 Å². The summed E-state index contributed by atoms with van der Waals surface area (Å²) in [4.78, 5) is 0. The van der Waals surface area contributed by atoms with E-state index in [0.29, 0.717) is 10.8 Å². The third kappa shape index (κ3) is 3.42. The lowest BCUT2D eigenvalue weighted by molar-refractivity contribution is 0.239. The van der Waals surface area contributed by atoms with E-state index in [0.717, 1.165) is 39.9 Å². The highest BCUT2D eigenvalue weighted by Gasteiger charge is 2.26. The van der Waals surface area contributed by atoms with Crippen molar-refractivity contribution in [1.29, 1.82) is 0 Å². The van der Waals surface area contributed by atoms with Crippen molar-refractivity contribution in [3.8, 4) is 17.1 Å². The second-order valence-corrected chi connectivity index (χ2v) is 8.88. The van der Waals surface area contributed by atoms with Gasteiger partial charge in [0.1, 0.15) is 11.9 Å². The van der Waals surface area contributed by atoms with Crippen molar-refractivity contribution in [1.82, 2.24) is 14.9 Å². The molecule has 0 fully saturated rings. The van der Waals surface area contributed by atoms with Crippen molar-refractivity contribution in [2.24, 2.45) is 5.10 Å². The van der Waals surface area contributed by atoms with Crippen LogP contribution in [0.25, 0.3) is 11.4 Å². The van der Waals surface area contributed by atoms with E-state index in [2.05, 4.69) is 34.5 Å². The molecule has 0 bridgehead atoms. The molecule has 2 aliphatic heterocycles. The van der Waals surface area contributed by atoms with Crippen LogP contribution in [0.3, 0.4) is 0 Å². The molecule has 1 unspecified atom stereocenters. The molecule has 1 aromatic heterocycles. The Bertz CT molecular complexity index is 1300. The zero-order valence-corrected chi connectivity index (χ0v) is 18.0. The van der Waals surface area contributed by atoms with E-state index in [9.17, 15) is 0 Å². The normalized spacial score (nSPS) is 16.9. The summed E-state index contributed by atoms with van der Waals surface area (Å²) in [6.45, 7) is 0. The van der Waals surface area contributed by atoms with Crippen molar-refractivity contribution in [3.05, 3.63) is 94.5 Å². The van der Waals surface area contributed by atoms with E-state index in [1.807, 2.05) is 53.2 Å². The number of aromatic nitrogens is 3. The van der Waals surface area contributed by atoms with Crippen LogP contribution >= 0.6 is 23.4 Å². The van der Waals surface area contributed by atoms with Gasteiger partial charge in [-0.1, -0.05) is 78.0 Å². The monoisotopic (exact) mass is 444 g/mol. The lowest BCUT2D eigenvalue weighted by Crippen LogP contribution is -2.13. The van der Waals surface area contributed by atoms with Crippen LogP contribution in [0.2, 0.25) is 5.02 Å². The molecule has 3 heterocycles. The molecule has 7 heteroatoms. The number of hydrogen-bond donors (Lipinski definition) is 0. The summed E-state index contributed by atoms with van der Waals surface area (Å²) in [7, 11) is 0. The topological polar surface area (TPSA) is 52.3 Å². The van der Waals surface area contributed by atoms with E-state index in [4.69, 9.17) is 21.4 Å². The fourth-order valence-electron chi connectivity index (χ4n) is 3.91. The molecule has 0 spiro atoms. The minimum absolute atomic E-state index is 0.0452. The third-order valence-electron chi connectivity index (χ3n) is 5.52. The summed E-state index contributed by atoms with van der Waals surface area (Å²) >= 11 is 7.66.